The van der Waals surface area contributed by atoms with Crippen molar-refractivity contribution in [2.45, 2.75) is 0 Å². The molecule has 1 N–H and O–H groups in total. The van der Waals surface area contributed by atoms with E-state index in [-0.39, 0.29) is 0 Å². The summed E-state index contributed by atoms with van der Waals surface area (Å²) < 4.78 is 6.22. The van der Waals surface area contributed by atoms with Gasteiger partial charge in [0.2, 0.25) is 0 Å². The van der Waals surface area contributed by atoms with Gasteiger partial charge in [-0.1, -0.05) is 36.4 Å². The van der Waals surface area contributed by atoms with Crippen LogP contribution in [0, 0.1) is 11.3 Å². The molecular weight excluding hydrogens is 276 g/mol. The van der Waals surface area contributed by atoms with Crippen LogP contribution >= 0.6 is 0 Å². The Labute approximate surface area is 128 Å². The van der Waals surface area contributed by atoms with Crippen LogP contribution in [0.5, 0.6) is 5.75 Å². The SMILES string of the molecule is COc1ccc2c(c1)c(C#N)c(/C=C/c1ccccc1)n2O. The Morgan fingerprint density at radius 3 is 2.59 bits per heavy atom. The quantitative estimate of drug-likeness (QED) is 0.743. The summed E-state index contributed by atoms with van der Waals surface area (Å²) in [6, 6.07) is 17.1. The average molecular weight is 290 g/mol. The van der Waals surface area contributed by atoms with E-state index in [1.54, 1.807) is 31.4 Å². The number of nitrogens with zero attached hydrogens (tertiary/aromatic N) is 2. The van der Waals surface area contributed by atoms with E-state index in [0.29, 0.717) is 27.9 Å². The van der Waals surface area contributed by atoms with E-state index < -0.39 is 0 Å². The zero-order chi connectivity index (χ0) is 15.5. The number of nitriles is 1. The second-order valence-electron chi connectivity index (χ2n) is 4.81. The standard InChI is InChI=1S/C18H14N2O2/c1-22-14-8-10-17-15(11-14)16(12-19)18(20(17)21)9-7-13-5-3-2-4-6-13/h2-11,21H,1H3/b9-7+. The summed E-state index contributed by atoms with van der Waals surface area (Å²) in [6.45, 7) is 0. The molecule has 1 heterocycles. The van der Waals surface area contributed by atoms with E-state index in [4.69, 9.17) is 4.74 Å². The number of methoxy groups -OCH3 is 1. The van der Waals surface area contributed by atoms with Crippen LogP contribution < -0.4 is 4.74 Å². The summed E-state index contributed by atoms with van der Waals surface area (Å²) >= 11 is 0. The Hall–Kier alpha value is -3.19. The average Bonchev–Trinajstić information content (AvgIpc) is 2.84. The van der Waals surface area contributed by atoms with Crippen LogP contribution in [0.25, 0.3) is 23.1 Å². The molecule has 0 atom stereocenters. The van der Waals surface area contributed by atoms with Gasteiger partial charge in [0.15, 0.2) is 0 Å². The van der Waals surface area contributed by atoms with E-state index in [1.807, 2.05) is 36.4 Å². The fraction of sp³-hybridized carbons (Fsp3) is 0.0556. The summed E-state index contributed by atoms with van der Waals surface area (Å²) in [7, 11) is 1.57. The van der Waals surface area contributed by atoms with Crippen LogP contribution in [-0.2, 0) is 0 Å². The second-order valence-corrected chi connectivity index (χ2v) is 4.81. The molecule has 0 aliphatic heterocycles. The zero-order valence-electron chi connectivity index (χ0n) is 12.0. The molecule has 3 rings (SSSR count). The molecule has 3 aromatic rings. The molecule has 4 nitrogen and oxygen atoms in total. The maximum atomic E-state index is 10.3. The highest BCUT2D eigenvalue weighted by Crippen LogP contribution is 2.29. The van der Waals surface area contributed by atoms with Crippen LogP contribution in [-0.4, -0.2) is 17.0 Å². The van der Waals surface area contributed by atoms with Crippen molar-refractivity contribution in [2.24, 2.45) is 0 Å². The van der Waals surface area contributed by atoms with E-state index in [2.05, 4.69) is 6.07 Å². The van der Waals surface area contributed by atoms with Gasteiger partial charge in [0, 0.05) is 5.39 Å². The van der Waals surface area contributed by atoms with Gasteiger partial charge >= 0.3 is 0 Å². The van der Waals surface area contributed by atoms with Gasteiger partial charge in [-0.3, -0.25) is 0 Å². The lowest BCUT2D eigenvalue weighted by Crippen LogP contribution is -1.93. The van der Waals surface area contributed by atoms with Crippen LogP contribution in [0.2, 0.25) is 0 Å². The molecule has 2 aromatic carbocycles. The van der Waals surface area contributed by atoms with Gasteiger partial charge in [0.25, 0.3) is 0 Å². The van der Waals surface area contributed by atoms with Crippen molar-refractivity contribution in [3.8, 4) is 11.8 Å². The molecule has 22 heavy (non-hydrogen) atoms. The van der Waals surface area contributed by atoms with E-state index in [9.17, 15) is 10.5 Å². The van der Waals surface area contributed by atoms with Crippen LogP contribution in [0.3, 0.4) is 0 Å². The molecule has 0 saturated heterocycles. The van der Waals surface area contributed by atoms with Crippen molar-refractivity contribution < 1.29 is 9.94 Å². The van der Waals surface area contributed by atoms with Crippen molar-refractivity contribution in [3.05, 3.63) is 65.4 Å². The molecule has 0 fully saturated rings. The van der Waals surface area contributed by atoms with Gasteiger partial charge in [-0.25, -0.2) is 0 Å². The molecule has 0 spiro atoms. The van der Waals surface area contributed by atoms with Gasteiger partial charge in [0.05, 0.1) is 23.9 Å². The van der Waals surface area contributed by atoms with Crippen LogP contribution in [0.15, 0.2) is 48.5 Å². The predicted molar refractivity (Wildman–Crippen MR) is 85.8 cm³/mol. The number of hydrogen-bond donors (Lipinski definition) is 1. The number of ether oxygens (including phenoxy) is 1. The number of aromatic nitrogens is 1. The highest BCUT2D eigenvalue weighted by Gasteiger charge is 2.15. The smallest absolute Gasteiger partial charge is 0.119 e. The molecule has 0 amide bonds. The predicted octanol–water partition coefficient (Wildman–Crippen LogP) is 3.93. The number of hydrogen-bond acceptors (Lipinski definition) is 3. The maximum Gasteiger partial charge on any atom is 0.119 e. The zero-order valence-corrected chi connectivity index (χ0v) is 12.0. The fourth-order valence-corrected chi connectivity index (χ4v) is 2.41. The summed E-state index contributed by atoms with van der Waals surface area (Å²) in [5.74, 6) is 0.646. The molecule has 1 aromatic heterocycles. The first-order valence-corrected chi connectivity index (χ1v) is 6.79. The number of benzene rings is 2. The normalized spacial score (nSPS) is 10.9. The summed E-state index contributed by atoms with van der Waals surface area (Å²) in [5.41, 5.74) is 2.44. The maximum absolute atomic E-state index is 10.3. The van der Waals surface area contributed by atoms with Gasteiger partial charge in [-0.2, -0.15) is 9.99 Å². The van der Waals surface area contributed by atoms with Crippen molar-refractivity contribution in [1.82, 2.24) is 4.73 Å². The lowest BCUT2D eigenvalue weighted by Gasteiger charge is -2.00. The first-order valence-electron chi connectivity index (χ1n) is 6.79. The van der Waals surface area contributed by atoms with Crippen LogP contribution in [0.1, 0.15) is 16.8 Å². The Morgan fingerprint density at radius 2 is 1.91 bits per heavy atom. The highest BCUT2D eigenvalue weighted by atomic mass is 16.5. The third-order valence-corrected chi connectivity index (χ3v) is 3.53. The number of rotatable bonds is 3. The van der Waals surface area contributed by atoms with Gasteiger partial charge in [-0.15, -0.1) is 0 Å². The first-order chi connectivity index (χ1) is 10.7. The third kappa shape index (κ3) is 2.29. The molecule has 0 bridgehead atoms. The van der Waals surface area contributed by atoms with Gasteiger partial charge in [-0.05, 0) is 29.8 Å². The second kappa shape index (κ2) is 5.66. The molecule has 4 heteroatoms. The summed E-state index contributed by atoms with van der Waals surface area (Å²) in [4.78, 5) is 0. The van der Waals surface area contributed by atoms with Gasteiger partial charge < -0.3 is 9.94 Å². The highest BCUT2D eigenvalue weighted by molar-refractivity contribution is 5.92. The topological polar surface area (TPSA) is 58.2 Å². The lowest BCUT2D eigenvalue weighted by molar-refractivity contribution is 0.198. The number of fused-ring (bicyclic) bond motifs is 1. The molecule has 0 unspecified atom stereocenters. The lowest BCUT2D eigenvalue weighted by atomic mass is 10.1. The Morgan fingerprint density at radius 1 is 1.14 bits per heavy atom. The van der Waals surface area contributed by atoms with E-state index in [1.165, 1.54) is 0 Å². The molecule has 0 saturated carbocycles. The molecule has 108 valence electrons. The minimum absolute atomic E-state index is 0.420. The summed E-state index contributed by atoms with van der Waals surface area (Å²) in [6.07, 6.45) is 3.60. The largest absolute Gasteiger partial charge is 0.497 e. The van der Waals surface area contributed by atoms with E-state index >= 15 is 0 Å². The third-order valence-electron chi connectivity index (χ3n) is 3.53. The van der Waals surface area contributed by atoms with Crippen molar-refractivity contribution >= 4 is 23.1 Å². The van der Waals surface area contributed by atoms with Crippen molar-refractivity contribution in [2.75, 3.05) is 7.11 Å². The fourth-order valence-electron chi connectivity index (χ4n) is 2.41. The molecular formula is C18H14N2O2. The molecule has 0 aliphatic rings. The van der Waals surface area contributed by atoms with E-state index in [0.717, 1.165) is 10.3 Å². The summed E-state index contributed by atoms with van der Waals surface area (Å²) in [5, 5.41) is 20.4. The monoisotopic (exact) mass is 290 g/mol. The molecule has 0 radical (unpaired) electrons. The Balaban J connectivity index is 2.15. The van der Waals surface area contributed by atoms with Crippen molar-refractivity contribution in [3.63, 3.8) is 0 Å². The van der Waals surface area contributed by atoms with Gasteiger partial charge in [0.1, 0.15) is 11.8 Å². The Kier molecular flexibility index (Phi) is 3.55. The minimum Gasteiger partial charge on any atom is -0.497 e. The minimum atomic E-state index is 0.420. The Bertz CT molecular complexity index is 887. The van der Waals surface area contributed by atoms with Crippen molar-refractivity contribution in [1.29, 1.82) is 5.26 Å². The van der Waals surface area contributed by atoms with Crippen LogP contribution in [0.4, 0.5) is 0 Å². The molecule has 0 aliphatic carbocycles. The first kappa shape index (κ1) is 13.8.